The maximum Gasteiger partial charge on any atom is 0.185 e. The van der Waals surface area contributed by atoms with Gasteiger partial charge >= 0.3 is 0 Å². The zero-order chi connectivity index (χ0) is 20.9. The van der Waals surface area contributed by atoms with Crippen LogP contribution in [0.3, 0.4) is 0 Å². The Morgan fingerprint density at radius 3 is 2.20 bits per heavy atom. The molecule has 2 fully saturated rings. The first-order valence-electron chi connectivity index (χ1n) is 11.0. The zero-order valence-electron chi connectivity index (χ0n) is 17.9. The van der Waals surface area contributed by atoms with Crippen LogP contribution in [0.25, 0.3) is 11.6 Å². The third-order valence-electron chi connectivity index (χ3n) is 6.35. The maximum absolute atomic E-state index is 13.5. The molecular weight excluding hydrogens is 372 g/mol. The summed E-state index contributed by atoms with van der Waals surface area (Å²) >= 11 is 0. The van der Waals surface area contributed by atoms with Crippen molar-refractivity contribution in [2.75, 3.05) is 14.2 Å². The van der Waals surface area contributed by atoms with Crippen LogP contribution >= 0.6 is 0 Å². The summed E-state index contributed by atoms with van der Waals surface area (Å²) in [7, 11) is 3.28. The number of benzene rings is 2. The molecule has 2 saturated carbocycles. The van der Waals surface area contributed by atoms with Gasteiger partial charge in [-0.2, -0.15) is 0 Å². The lowest BCUT2D eigenvalue weighted by molar-refractivity contribution is -0.111. The topological polar surface area (TPSA) is 35.5 Å². The lowest BCUT2D eigenvalue weighted by Gasteiger charge is -2.26. The van der Waals surface area contributed by atoms with E-state index in [0.29, 0.717) is 5.92 Å². The Morgan fingerprint density at radius 1 is 0.900 bits per heavy atom. The van der Waals surface area contributed by atoms with Gasteiger partial charge in [-0.25, -0.2) is 0 Å². The molecule has 0 atom stereocenters. The number of methoxy groups -OCH3 is 2. The summed E-state index contributed by atoms with van der Waals surface area (Å²) in [6, 6.07) is 16.3. The van der Waals surface area contributed by atoms with Gasteiger partial charge in [0.2, 0.25) is 0 Å². The van der Waals surface area contributed by atoms with E-state index >= 15 is 0 Å². The van der Waals surface area contributed by atoms with Crippen molar-refractivity contribution in [1.82, 2.24) is 0 Å². The molecule has 30 heavy (non-hydrogen) atoms. The summed E-state index contributed by atoms with van der Waals surface area (Å²) in [6.07, 6.45) is 9.82. The fourth-order valence-electron chi connectivity index (χ4n) is 4.85. The summed E-state index contributed by atoms with van der Waals surface area (Å²) in [6.45, 7) is 0. The van der Waals surface area contributed by atoms with Gasteiger partial charge in [-0.05, 0) is 66.5 Å². The van der Waals surface area contributed by atoms with E-state index in [1.165, 1.54) is 43.2 Å². The summed E-state index contributed by atoms with van der Waals surface area (Å²) in [4.78, 5) is 13.5. The van der Waals surface area contributed by atoms with E-state index < -0.39 is 0 Å². The van der Waals surface area contributed by atoms with E-state index in [1.807, 2.05) is 30.3 Å². The van der Waals surface area contributed by atoms with E-state index in [4.69, 9.17) is 9.47 Å². The van der Waals surface area contributed by atoms with Crippen LogP contribution in [0.15, 0.2) is 59.7 Å². The highest BCUT2D eigenvalue weighted by Gasteiger charge is 2.30. The number of ketones is 1. The normalized spacial score (nSPS) is 20.5. The monoisotopic (exact) mass is 402 g/mol. The number of rotatable bonds is 5. The van der Waals surface area contributed by atoms with Crippen molar-refractivity contribution >= 4 is 17.4 Å². The van der Waals surface area contributed by atoms with Crippen LogP contribution in [0.5, 0.6) is 11.5 Å². The molecule has 0 spiro atoms. The molecule has 0 aliphatic heterocycles. The highest BCUT2D eigenvalue weighted by Crippen LogP contribution is 2.42. The first kappa shape index (κ1) is 20.5. The van der Waals surface area contributed by atoms with Crippen LogP contribution < -0.4 is 9.47 Å². The average Bonchev–Trinajstić information content (AvgIpc) is 3.15. The quantitative estimate of drug-likeness (QED) is 0.537. The minimum atomic E-state index is 0.209. The first-order chi connectivity index (χ1) is 14.7. The van der Waals surface area contributed by atoms with Gasteiger partial charge in [0.15, 0.2) is 5.78 Å². The molecule has 0 radical (unpaired) electrons. The Bertz CT molecular complexity index is 941. The van der Waals surface area contributed by atoms with Crippen molar-refractivity contribution in [3.63, 3.8) is 0 Å². The molecule has 0 heterocycles. The first-order valence-corrected chi connectivity index (χ1v) is 11.0. The van der Waals surface area contributed by atoms with Crippen molar-refractivity contribution in [3.05, 3.63) is 70.8 Å². The number of Topliss-reactive ketones (excluding diaryl/α,β-unsaturated/α-hetero) is 1. The molecule has 0 bridgehead atoms. The Hall–Kier alpha value is -2.81. The minimum Gasteiger partial charge on any atom is -0.497 e. The number of ether oxygens (including phenoxy) is 2. The van der Waals surface area contributed by atoms with E-state index in [9.17, 15) is 4.79 Å². The number of carbonyl (C=O) groups is 1. The highest BCUT2D eigenvalue weighted by atomic mass is 16.5. The third-order valence-corrected chi connectivity index (χ3v) is 6.35. The van der Waals surface area contributed by atoms with E-state index in [0.717, 1.165) is 41.1 Å². The molecule has 0 aromatic heterocycles. The summed E-state index contributed by atoms with van der Waals surface area (Å²) in [5.41, 5.74) is 5.36. The zero-order valence-corrected chi connectivity index (χ0v) is 17.9. The van der Waals surface area contributed by atoms with Crippen LogP contribution in [0.2, 0.25) is 0 Å². The Balaban J connectivity index is 1.72. The van der Waals surface area contributed by atoms with Gasteiger partial charge in [-0.3, -0.25) is 4.79 Å². The summed E-state index contributed by atoms with van der Waals surface area (Å²) < 4.78 is 10.8. The van der Waals surface area contributed by atoms with Gasteiger partial charge in [0.25, 0.3) is 0 Å². The molecule has 3 heteroatoms. The van der Waals surface area contributed by atoms with Crippen LogP contribution in [0, 0.1) is 5.92 Å². The maximum atomic E-state index is 13.5. The van der Waals surface area contributed by atoms with Crippen molar-refractivity contribution < 1.29 is 14.3 Å². The van der Waals surface area contributed by atoms with Crippen LogP contribution in [0.1, 0.15) is 56.1 Å². The van der Waals surface area contributed by atoms with E-state index in [-0.39, 0.29) is 5.78 Å². The Labute approximate surface area is 179 Å². The SMILES string of the molecule is COc1cc(/C=C2\CC/C(=C(\c3ccccc3)C3CCCCC3)C2=O)cc(OC)c1. The van der Waals surface area contributed by atoms with E-state index in [2.05, 4.69) is 24.3 Å². The van der Waals surface area contributed by atoms with Crippen LogP contribution in [-0.4, -0.2) is 20.0 Å². The molecule has 0 saturated heterocycles. The van der Waals surface area contributed by atoms with Crippen molar-refractivity contribution in [3.8, 4) is 11.5 Å². The lowest BCUT2D eigenvalue weighted by Crippen LogP contribution is -2.12. The second-order valence-electron chi connectivity index (χ2n) is 8.24. The highest BCUT2D eigenvalue weighted by molar-refractivity contribution is 6.17. The molecule has 3 nitrogen and oxygen atoms in total. The largest absolute Gasteiger partial charge is 0.497 e. The third kappa shape index (κ3) is 4.35. The Morgan fingerprint density at radius 2 is 1.57 bits per heavy atom. The smallest absolute Gasteiger partial charge is 0.185 e. The van der Waals surface area contributed by atoms with Gasteiger partial charge in [-0.1, -0.05) is 49.6 Å². The Kier molecular flexibility index (Phi) is 6.37. The molecule has 2 aliphatic carbocycles. The minimum absolute atomic E-state index is 0.209. The predicted octanol–water partition coefficient (Wildman–Crippen LogP) is 6.48. The average molecular weight is 403 g/mol. The molecule has 2 aromatic rings. The number of hydrogen-bond acceptors (Lipinski definition) is 3. The van der Waals surface area contributed by atoms with Crippen molar-refractivity contribution in [2.24, 2.45) is 5.92 Å². The predicted molar refractivity (Wildman–Crippen MR) is 122 cm³/mol. The fraction of sp³-hybridized carbons (Fsp3) is 0.370. The number of allylic oxidation sites excluding steroid dienone is 3. The molecule has 2 aliphatic rings. The molecule has 0 N–H and O–H groups in total. The summed E-state index contributed by atoms with van der Waals surface area (Å²) in [5.74, 6) is 2.17. The molecule has 0 unspecified atom stereocenters. The molecule has 4 rings (SSSR count). The summed E-state index contributed by atoms with van der Waals surface area (Å²) in [5, 5.41) is 0. The van der Waals surface area contributed by atoms with Crippen LogP contribution in [-0.2, 0) is 4.79 Å². The van der Waals surface area contributed by atoms with E-state index in [1.54, 1.807) is 14.2 Å². The molecule has 156 valence electrons. The van der Waals surface area contributed by atoms with Gasteiger partial charge in [-0.15, -0.1) is 0 Å². The number of hydrogen-bond donors (Lipinski definition) is 0. The van der Waals surface area contributed by atoms with Crippen molar-refractivity contribution in [1.29, 1.82) is 0 Å². The van der Waals surface area contributed by atoms with Crippen molar-refractivity contribution in [2.45, 2.75) is 44.9 Å². The standard InChI is InChI=1S/C27H30O3/c1-29-23-16-19(17-24(18-23)30-2)15-22-13-14-25(27(22)28)26(20-9-5-3-6-10-20)21-11-7-4-8-12-21/h3,5-6,9-10,15-18,21H,4,7-8,11-14H2,1-2H3/b22-15+,26-25-. The second-order valence-corrected chi connectivity index (χ2v) is 8.24. The second kappa shape index (κ2) is 9.34. The fourth-order valence-corrected chi connectivity index (χ4v) is 4.85. The molecular formula is C27H30O3. The van der Waals surface area contributed by atoms with Gasteiger partial charge in [0.05, 0.1) is 14.2 Å². The van der Waals surface area contributed by atoms with Gasteiger partial charge in [0.1, 0.15) is 11.5 Å². The van der Waals surface area contributed by atoms with Gasteiger partial charge < -0.3 is 9.47 Å². The van der Waals surface area contributed by atoms with Crippen LogP contribution in [0.4, 0.5) is 0 Å². The van der Waals surface area contributed by atoms with Gasteiger partial charge in [0, 0.05) is 17.2 Å². The molecule has 2 aromatic carbocycles. The number of carbonyl (C=O) groups excluding carboxylic acids is 1. The molecule has 0 amide bonds. The lowest BCUT2D eigenvalue weighted by atomic mass is 9.78.